The Morgan fingerprint density at radius 2 is 1.84 bits per heavy atom. The Morgan fingerprint density at radius 1 is 1.26 bits per heavy atom. The molecule has 3 nitrogen and oxygen atoms in total. The Labute approximate surface area is 127 Å². The summed E-state index contributed by atoms with van der Waals surface area (Å²) in [5, 5.41) is 2.41. The van der Waals surface area contributed by atoms with E-state index in [1.807, 2.05) is 27.7 Å². The van der Waals surface area contributed by atoms with Gasteiger partial charge < -0.3 is 4.74 Å². The molecule has 106 valence electrons. The first kappa shape index (κ1) is 18.2. The van der Waals surface area contributed by atoms with Gasteiger partial charge in [-0.25, -0.2) is 9.78 Å². The van der Waals surface area contributed by atoms with Crippen molar-refractivity contribution >= 4 is 50.7 Å². The quantitative estimate of drug-likeness (QED) is 0.518. The van der Waals surface area contributed by atoms with Crippen LogP contribution in [-0.2, 0) is 4.74 Å². The van der Waals surface area contributed by atoms with Crippen LogP contribution in [0.25, 0.3) is 10.2 Å². The third-order valence-electron chi connectivity index (χ3n) is 1.85. The zero-order valence-electron chi connectivity index (χ0n) is 11.6. The molecule has 0 saturated heterocycles. The van der Waals surface area contributed by atoms with Gasteiger partial charge in [0, 0.05) is 5.38 Å². The molecule has 0 fully saturated rings. The number of nitrogens with zero attached hydrogens (tertiary/aromatic N) is 1. The summed E-state index contributed by atoms with van der Waals surface area (Å²) in [6, 6.07) is 1.54. The molecule has 0 bridgehead atoms. The van der Waals surface area contributed by atoms with E-state index in [0.717, 1.165) is 4.70 Å². The van der Waals surface area contributed by atoms with Gasteiger partial charge in [0.05, 0.1) is 27.9 Å². The van der Waals surface area contributed by atoms with E-state index in [0.29, 0.717) is 16.1 Å². The molecule has 0 spiro atoms. The highest BCUT2D eigenvalue weighted by molar-refractivity contribution is 7.18. The van der Waals surface area contributed by atoms with Crippen LogP contribution in [0.15, 0.2) is 11.4 Å². The summed E-state index contributed by atoms with van der Waals surface area (Å²) in [4.78, 5) is 15.4. The number of fused-ring (bicyclic) bond motifs is 1. The number of esters is 1. The van der Waals surface area contributed by atoms with Gasteiger partial charge in [0.25, 0.3) is 0 Å². The van der Waals surface area contributed by atoms with Crippen molar-refractivity contribution in [2.24, 2.45) is 0 Å². The first-order valence-corrected chi connectivity index (χ1v) is 7.58. The molecule has 2 heterocycles. The van der Waals surface area contributed by atoms with Gasteiger partial charge >= 0.3 is 5.97 Å². The summed E-state index contributed by atoms with van der Waals surface area (Å²) in [5.74, 6) is -0.438. The molecule has 0 atom stereocenters. The molecule has 0 aliphatic carbocycles. The molecule has 2 rings (SSSR count). The summed E-state index contributed by atoms with van der Waals surface area (Å²) < 4.78 is 5.36. The van der Waals surface area contributed by atoms with Crippen LogP contribution in [-0.4, -0.2) is 18.1 Å². The Balaban J connectivity index is 0.000000741. The van der Waals surface area contributed by atoms with Crippen LogP contribution in [0.5, 0.6) is 0 Å². The molecule has 0 saturated carbocycles. The highest BCUT2D eigenvalue weighted by atomic mass is 35.5. The fourth-order valence-corrected chi connectivity index (χ4v) is 2.65. The van der Waals surface area contributed by atoms with Gasteiger partial charge in [0.1, 0.15) is 5.15 Å². The third-order valence-corrected chi connectivity index (χ3v) is 3.46. The van der Waals surface area contributed by atoms with Crippen molar-refractivity contribution in [2.75, 3.05) is 7.11 Å². The van der Waals surface area contributed by atoms with Crippen molar-refractivity contribution in [1.29, 1.82) is 0 Å². The molecule has 0 unspecified atom stereocenters. The lowest BCUT2D eigenvalue weighted by molar-refractivity contribution is 0.0603. The molecule has 2 aromatic heterocycles. The van der Waals surface area contributed by atoms with Gasteiger partial charge in [-0.3, -0.25) is 0 Å². The van der Waals surface area contributed by atoms with Gasteiger partial charge in [0.15, 0.2) is 0 Å². The molecular formula is C13H17Cl2NO2S. The average molecular weight is 322 g/mol. The molecule has 0 amide bonds. The number of thiophene rings is 1. The summed E-state index contributed by atoms with van der Waals surface area (Å²) in [7, 11) is 1.32. The number of halogens is 2. The van der Waals surface area contributed by atoms with E-state index >= 15 is 0 Å². The summed E-state index contributed by atoms with van der Waals surface area (Å²) in [6.07, 6.45) is 0. The third kappa shape index (κ3) is 4.34. The zero-order chi connectivity index (χ0) is 15.0. The number of aromatic nitrogens is 1. The van der Waals surface area contributed by atoms with E-state index < -0.39 is 5.97 Å². The Morgan fingerprint density at radius 3 is 2.37 bits per heavy atom. The smallest absolute Gasteiger partial charge is 0.340 e. The van der Waals surface area contributed by atoms with E-state index in [9.17, 15) is 4.79 Å². The molecule has 0 N–H and O–H groups in total. The van der Waals surface area contributed by atoms with Crippen molar-refractivity contribution in [3.63, 3.8) is 0 Å². The molecule has 0 aliphatic heterocycles. The van der Waals surface area contributed by atoms with E-state index in [1.54, 1.807) is 11.4 Å². The number of pyridine rings is 1. The zero-order valence-corrected chi connectivity index (χ0v) is 13.9. The average Bonchev–Trinajstić information content (AvgIpc) is 2.86. The Kier molecular flexibility index (Phi) is 8.72. The molecule has 0 aliphatic rings. The van der Waals surface area contributed by atoms with Crippen LogP contribution in [0.3, 0.4) is 0 Å². The van der Waals surface area contributed by atoms with Gasteiger partial charge in [-0.15, -0.1) is 11.3 Å². The number of hydrogen-bond donors (Lipinski definition) is 0. The van der Waals surface area contributed by atoms with Crippen molar-refractivity contribution in [3.05, 3.63) is 27.2 Å². The van der Waals surface area contributed by atoms with Gasteiger partial charge in [-0.2, -0.15) is 0 Å². The van der Waals surface area contributed by atoms with Crippen LogP contribution < -0.4 is 0 Å². The van der Waals surface area contributed by atoms with Crippen LogP contribution in [0.4, 0.5) is 0 Å². The van der Waals surface area contributed by atoms with Crippen LogP contribution in [0.2, 0.25) is 10.2 Å². The monoisotopic (exact) mass is 321 g/mol. The molecule has 19 heavy (non-hydrogen) atoms. The maximum absolute atomic E-state index is 11.4. The lowest BCUT2D eigenvalue weighted by atomic mass is 10.3. The summed E-state index contributed by atoms with van der Waals surface area (Å²) >= 11 is 13.1. The predicted octanol–water partition coefficient (Wildman–Crippen LogP) is 5.44. The highest BCUT2D eigenvalue weighted by Gasteiger charge is 2.16. The lowest BCUT2D eigenvalue weighted by Crippen LogP contribution is -2.00. The van der Waals surface area contributed by atoms with E-state index in [2.05, 4.69) is 9.72 Å². The standard InChI is InChI=1S/C9H5Cl2NO2S.2C2H6/c1-14-9(13)4-3-15-8-5(10)2-6(11)12-7(4)8;2*1-2/h2-3H,1H3;2*1-2H3. The minimum atomic E-state index is -0.438. The van der Waals surface area contributed by atoms with Crippen LogP contribution >= 0.6 is 34.5 Å². The SMILES string of the molecule is CC.CC.COC(=O)c1csc2c(Cl)cc(Cl)nc12. The Hall–Kier alpha value is -0.840. The molecule has 0 radical (unpaired) electrons. The molecule has 0 aromatic carbocycles. The highest BCUT2D eigenvalue weighted by Crippen LogP contribution is 2.32. The first-order valence-electron chi connectivity index (χ1n) is 5.95. The minimum Gasteiger partial charge on any atom is -0.465 e. The summed E-state index contributed by atoms with van der Waals surface area (Å²) in [6.45, 7) is 8.00. The molecule has 6 heteroatoms. The van der Waals surface area contributed by atoms with Crippen molar-refractivity contribution in [3.8, 4) is 0 Å². The van der Waals surface area contributed by atoms with Crippen LogP contribution in [0.1, 0.15) is 38.1 Å². The molecule has 2 aromatic rings. The van der Waals surface area contributed by atoms with E-state index in [-0.39, 0.29) is 5.15 Å². The second-order valence-electron chi connectivity index (χ2n) is 2.75. The predicted molar refractivity (Wildman–Crippen MR) is 83.7 cm³/mol. The van der Waals surface area contributed by atoms with Crippen molar-refractivity contribution < 1.29 is 9.53 Å². The second kappa shape index (κ2) is 9.13. The maximum atomic E-state index is 11.4. The maximum Gasteiger partial charge on any atom is 0.340 e. The fraction of sp³-hybridized carbons (Fsp3) is 0.385. The largest absolute Gasteiger partial charge is 0.465 e. The van der Waals surface area contributed by atoms with Crippen LogP contribution in [0, 0.1) is 0 Å². The van der Waals surface area contributed by atoms with Gasteiger partial charge in [-0.1, -0.05) is 50.9 Å². The number of hydrogen-bond acceptors (Lipinski definition) is 4. The fourth-order valence-electron chi connectivity index (χ4n) is 1.20. The normalized spacial score (nSPS) is 9.00. The Bertz CT molecular complexity index is 541. The van der Waals surface area contributed by atoms with Gasteiger partial charge in [-0.05, 0) is 6.07 Å². The van der Waals surface area contributed by atoms with E-state index in [4.69, 9.17) is 23.2 Å². The lowest BCUT2D eigenvalue weighted by Gasteiger charge is -1.98. The minimum absolute atomic E-state index is 0.260. The topological polar surface area (TPSA) is 39.2 Å². The molecular weight excluding hydrogens is 305 g/mol. The van der Waals surface area contributed by atoms with Crippen molar-refractivity contribution in [1.82, 2.24) is 4.98 Å². The number of rotatable bonds is 1. The second-order valence-corrected chi connectivity index (χ2v) is 4.42. The first-order chi connectivity index (χ1) is 9.13. The van der Waals surface area contributed by atoms with Gasteiger partial charge in [0.2, 0.25) is 0 Å². The number of carbonyl (C=O) groups excluding carboxylic acids is 1. The van der Waals surface area contributed by atoms with Crippen molar-refractivity contribution in [2.45, 2.75) is 27.7 Å². The number of carbonyl (C=O) groups is 1. The van der Waals surface area contributed by atoms with E-state index in [1.165, 1.54) is 18.4 Å². The summed E-state index contributed by atoms with van der Waals surface area (Å²) in [5.41, 5.74) is 0.881. The number of methoxy groups -OCH3 is 1. The number of ether oxygens (including phenoxy) is 1.